The Bertz CT molecular complexity index is 1400. The van der Waals surface area contributed by atoms with Crippen LogP contribution in [-0.2, 0) is 27.2 Å². The Hall–Kier alpha value is -3.97. The number of hydrogen-bond acceptors (Lipinski definition) is 8. The molecule has 0 aliphatic carbocycles. The second kappa shape index (κ2) is 13.4. The van der Waals surface area contributed by atoms with Crippen molar-refractivity contribution in [2.45, 2.75) is 37.8 Å². The largest absolute Gasteiger partial charge is 0.502 e. The van der Waals surface area contributed by atoms with Gasteiger partial charge in [-0.05, 0) is 47.7 Å². The zero-order valence-electron chi connectivity index (χ0n) is 22.4. The van der Waals surface area contributed by atoms with Crippen LogP contribution in [0.25, 0.3) is 0 Å². The Morgan fingerprint density at radius 2 is 1.75 bits per heavy atom. The van der Waals surface area contributed by atoms with Crippen LogP contribution in [0, 0.1) is 11.8 Å². The van der Waals surface area contributed by atoms with Gasteiger partial charge in [0.1, 0.15) is 6.10 Å². The third-order valence-corrected chi connectivity index (χ3v) is 7.28. The summed E-state index contributed by atoms with van der Waals surface area (Å²) in [5.74, 6) is 5.66. The summed E-state index contributed by atoms with van der Waals surface area (Å²) in [6, 6.07) is 16.2. The van der Waals surface area contributed by atoms with Gasteiger partial charge in [0, 0.05) is 56.7 Å². The Morgan fingerprint density at radius 3 is 2.40 bits per heavy atom. The summed E-state index contributed by atoms with van der Waals surface area (Å²) in [7, 11) is 0. The maximum Gasteiger partial charge on any atom is 0.306 e. The van der Waals surface area contributed by atoms with Gasteiger partial charge in [-0.25, -0.2) is 4.98 Å². The average molecular weight is 543 g/mol. The molecule has 0 bridgehead atoms. The van der Waals surface area contributed by atoms with Crippen LogP contribution < -0.4 is 10.9 Å². The van der Waals surface area contributed by atoms with E-state index >= 15 is 0 Å². The maximum absolute atomic E-state index is 12.4. The molecule has 3 heterocycles. The number of H-pyrrole nitrogens is 1. The molecular formula is C31H34N4O5. The van der Waals surface area contributed by atoms with Gasteiger partial charge in [-0.2, -0.15) is 0 Å². The van der Waals surface area contributed by atoms with Crippen molar-refractivity contribution in [2.24, 2.45) is 0 Å². The van der Waals surface area contributed by atoms with Crippen molar-refractivity contribution in [3.63, 3.8) is 0 Å². The minimum absolute atomic E-state index is 0.0665. The highest BCUT2D eigenvalue weighted by Gasteiger charge is 2.23. The number of carbonyl (C=O) groups excluding carboxylic acids is 1. The van der Waals surface area contributed by atoms with Gasteiger partial charge < -0.3 is 24.9 Å². The van der Waals surface area contributed by atoms with E-state index in [2.05, 4.69) is 44.2 Å². The van der Waals surface area contributed by atoms with E-state index < -0.39 is 11.3 Å². The van der Waals surface area contributed by atoms with Gasteiger partial charge in [0.25, 0.3) is 5.56 Å². The van der Waals surface area contributed by atoms with Crippen LogP contribution in [0.15, 0.2) is 59.7 Å². The molecule has 1 aromatic heterocycles. The third-order valence-electron chi connectivity index (χ3n) is 7.28. The summed E-state index contributed by atoms with van der Waals surface area (Å²) in [5.41, 5.74) is 3.76. The lowest BCUT2D eigenvalue weighted by molar-refractivity contribution is -0.151. The molecule has 1 atom stereocenters. The van der Waals surface area contributed by atoms with Gasteiger partial charge in [0.2, 0.25) is 5.75 Å². The summed E-state index contributed by atoms with van der Waals surface area (Å²) < 4.78 is 10.9. The minimum Gasteiger partial charge on any atom is -0.502 e. The van der Waals surface area contributed by atoms with Gasteiger partial charge in [-0.15, -0.1) is 0 Å². The van der Waals surface area contributed by atoms with E-state index in [1.165, 1.54) is 11.9 Å². The molecule has 0 saturated carbocycles. The maximum atomic E-state index is 12.4. The van der Waals surface area contributed by atoms with E-state index in [1.807, 2.05) is 36.4 Å². The first-order chi connectivity index (χ1) is 19.5. The van der Waals surface area contributed by atoms with Crippen LogP contribution in [0.2, 0.25) is 0 Å². The Labute approximate surface area is 233 Å². The highest BCUT2D eigenvalue weighted by Crippen LogP contribution is 2.28. The number of hydrogen-bond donors (Lipinski definition) is 3. The van der Waals surface area contributed by atoms with Gasteiger partial charge in [0.05, 0.1) is 25.2 Å². The summed E-state index contributed by atoms with van der Waals surface area (Å²) in [6.07, 6.45) is 2.25. The predicted molar refractivity (Wildman–Crippen MR) is 150 cm³/mol. The molecule has 2 aliphatic rings. The molecule has 0 amide bonds. The Balaban J connectivity index is 1.24. The molecule has 0 radical (unpaired) electrons. The molecule has 0 unspecified atom stereocenters. The lowest BCUT2D eigenvalue weighted by Gasteiger charge is -2.27. The first kappa shape index (κ1) is 27.6. The zero-order chi connectivity index (χ0) is 27.7. The van der Waals surface area contributed by atoms with Crippen LogP contribution >= 0.6 is 0 Å². The highest BCUT2D eigenvalue weighted by molar-refractivity contribution is 5.69. The number of aromatic hydroxyl groups is 1. The fourth-order valence-corrected chi connectivity index (χ4v) is 4.78. The quantitative estimate of drug-likeness (QED) is 0.279. The molecule has 2 fully saturated rings. The molecular weight excluding hydrogens is 508 g/mol. The first-order valence-corrected chi connectivity index (χ1v) is 13.7. The second-order valence-corrected chi connectivity index (χ2v) is 10.2. The summed E-state index contributed by atoms with van der Waals surface area (Å²) in [6.45, 7) is 5.78. The van der Waals surface area contributed by atoms with Crippen molar-refractivity contribution >= 4 is 5.97 Å². The molecule has 208 valence electrons. The van der Waals surface area contributed by atoms with Gasteiger partial charge in [-0.3, -0.25) is 14.5 Å². The molecule has 3 aromatic rings. The summed E-state index contributed by atoms with van der Waals surface area (Å²) in [4.78, 5) is 33.2. The third kappa shape index (κ3) is 7.57. The lowest BCUT2D eigenvalue weighted by Crippen LogP contribution is -2.49. The number of aromatic nitrogens is 2. The normalized spacial score (nSPS) is 16.4. The van der Waals surface area contributed by atoms with E-state index in [4.69, 9.17) is 9.47 Å². The van der Waals surface area contributed by atoms with Crippen molar-refractivity contribution in [2.75, 3.05) is 39.4 Å². The van der Waals surface area contributed by atoms with E-state index in [1.54, 1.807) is 0 Å². The number of esters is 1. The average Bonchev–Trinajstić information content (AvgIpc) is 2.96. The molecule has 9 nitrogen and oxygen atoms in total. The highest BCUT2D eigenvalue weighted by atomic mass is 16.5. The number of nitrogens with one attached hydrogen (secondary N) is 2. The van der Waals surface area contributed by atoms with Gasteiger partial charge in [0.15, 0.2) is 0 Å². The SMILES string of the molecule is O=C(CC[C@H](Cc1nc[nH]c(=O)c1O)c1ccc(C#Cc2ccc(CN3CCOCC3)cc2)cc1)OC1CNC1. The smallest absolute Gasteiger partial charge is 0.306 e. The van der Waals surface area contributed by atoms with Crippen molar-refractivity contribution < 1.29 is 19.4 Å². The molecule has 0 spiro atoms. The van der Waals surface area contributed by atoms with Crippen molar-refractivity contribution in [3.8, 4) is 17.6 Å². The first-order valence-electron chi connectivity index (χ1n) is 13.7. The topological polar surface area (TPSA) is 117 Å². The van der Waals surface area contributed by atoms with Crippen LogP contribution in [0.1, 0.15) is 46.7 Å². The van der Waals surface area contributed by atoms with Gasteiger partial charge >= 0.3 is 5.97 Å². The van der Waals surface area contributed by atoms with Crippen LogP contribution in [0.5, 0.6) is 5.75 Å². The van der Waals surface area contributed by atoms with Crippen LogP contribution in [-0.4, -0.2) is 71.4 Å². The fourth-order valence-electron chi connectivity index (χ4n) is 4.78. The Kier molecular flexibility index (Phi) is 9.24. The second-order valence-electron chi connectivity index (χ2n) is 10.2. The number of ether oxygens (including phenoxy) is 2. The molecule has 5 rings (SSSR count). The molecule has 9 heteroatoms. The summed E-state index contributed by atoms with van der Waals surface area (Å²) in [5, 5.41) is 13.3. The molecule has 2 aliphatic heterocycles. The molecule has 2 saturated heterocycles. The van der Waals surface area contributed by atoms with Gasteiger partial charge in [-0.1, -0.05) is 36.1 Å². The van der Waals surface area contributed by atoms with Crippen molar-refractivity contribution in [1.82, 2.24) is 20.2 Å². The molecule has 40 heavy (non-hydrogen) atoms. The zero-order valence-corrected chi connectivity index (χ0v) is 22.4. The number of benzene rings is 2. The lowest BCUT2D eigenvalue weighted by atomic mass is 9.89. The van der Waals surface area contributed by atoms with E-state index in [0.717, 1.165) is 49.5 Å². The predicted octanol–water partition coefficient (Wildman–Crippen LogP) is 2.33. The van der Waals surface area contributed by atoms with Crippen molar-refractivity contribution in [3.05, 3.63) is 93.2 Å². The fraction of sp³-hybridized carbons (Fsp3) is 0.387. The van der Waals surface area contributed by atoms with E-state index in [0.29, 0.717) is 31.6 Å². The Morgan fingerprint density at radius 1 is 1.07 bits per heavy atom. The van der Waals surface area contributed by atoms with Crippen molar-refractivity contribution in [1.29, 1.82) is 0 Å². The molecule has 2 aromatic carbocycles. The monoisotopic (exact) mass is 542 g/mol. The standard InChI is InChI=1S/C31H34N4O5/c36-29(40-27-18-32-19-27)12-11-26(17-28-30(37)31(38)34-21-33-28)25-9-7-23(8-10-25)2-1-22-3-5-24(6-4-22)20-35-13-15-39-16-14-35/h3-10,21,26-27,32,37H,11-20H2,(H,33,34,38)/t26-/m1/s1. The minimum atomic E-state index is -0.583. The number of carbonyl (C=O) groups is 1. The van der Waals surface area contributed by atoms with Crippen LogP contribution in [0.4, 0.5) is 0 Å². The van der Waals surface area contributed by atoms with Crippen LogP contribution in [0.3, 0.4) is 0 Å². The number of aromatic amines is 1. The van der Waals surface area contributed by atoms with E-state index in [-0.39, 0.29) is 24.4 Å². The number of rotatable bonds is 9. The summed E-state index contributed by atoms with van der Waals surface area (Å²) >= 11 is 0. The molecule has 3 N–H and O–H groups in total. The number of morpholine rings is 1. The van der Waals surface area contributed by atoms with E-state index in [9.17, 15) is 14.7 Å². The number of nitrogens with zero attached hydrogens (tertiary/aromatic N) is 2.